The molecule has 0 radical (unpaired) electrons. The van der Waals surface area contributed by atoms with E-state index in [-0.39, 0.29) is 18.4 Å². The normalized spacial score (nSPS) is 11.0. The number of carbonyl (C=O) groups is 2. The highest BCUT2D eigenvalue weighted by Crippen LogP contribution is 2.13. The predicted molar refractivity (Wildman–Crippen MR) is 91.4 cm³/mol. The lowest BCUT2D eigenvalue weighted by Crippen LogP contribution is -2.40. The van der Waals surface area contributed by atoms with Gasteiger partial charge < -0.3 is 15.4 Å². The molecule has 0 heterocycles. The van der Waals surface area contributed by atoms with Gasteiger partial charge in [-0.15, -0.1) is 0 Å². The molecule has 0 aliphatic heterocycles. The number of hydrogen-bond donors (Lipinski definition) is 2. The molecule has 2 amide bonds. The third-order valence-corrected chi connectivity index (χ3v) is 3.25. The monoisotopic (exact) mass is 320 g/mol. The maximum Gasteiger partial charge on any atom is 0.258 e. The van der Waals surface area contributed by atoms with Gasteiger partial charge in [-0.1, -0.05) is 46.2 Å². The fourth-order valence-electron chi connectivity index (χ4n) is 1.88. The van der Waals surface area contributed by atoms with Crippen LogP contribution in [0.1, 0.15) is 39.7 Å². The molecule has 0 aromatic heterocycles. The van der Waals surface area contributed by atoms with E-state index in [1.165, 1.54) is 5.56 Å². The molecule has 0 bridgehead atoms. The van der Waals surface area contributed by atoms with Crippen LogP contribution in [0.5, 0.6) is 5.75 Å². The number of ether oxygens (including phenoxy) is 1. The van der Waals surface area contributed by atoms with E-state index >= 15 is 0 Å². The van der Waals surface area contributed by atoms with E-state index in [0.29, 0.717) is 18.8 Å². The van der Waals surface area contributed by atoms with Crippen LogP contribution in [0.15, 0.2) is 24.3 Å². The van der Waals surface area contributed by atoms with Gasteiger partial charge in [-0.25, -0.2) is 0 Å². The first kappa shape index (κ1) is 19.0. The van der Waals surface area contributed by atoms with E-state index in [2.05, 4.69) is 17.6 Å². The average Bonchev–Trinajstić information content (AvgIpc) is 2.50. The summed E-state index contributed by atoms with van der Waals surface area (Å²) in [5.74, 6) is 0.448. The van der Waals surface area contributed by atoms with E-state index in [1.807, 2.05) is 45.0 Å². The van der Waals surface area contributed by atoms with Gasteiger partial charge in [0.15, 0.2) is 6.61 Å². The highest BCUT2D eigenvalue weighted by Gasteiger charge is 2.20. The summed E-state index contributed by atoms with van der Waals surface area (Å²) in [7, 11) is 0. The summed E-state index contributed by atoms with van der Waals surface area (Å²) < 4.78 is 5.43. The van der Waals surface area contributed by atoms with E-state index in [9.17, 15) is 9.59 Å². The molecule has 0 atom stereocenters. The van der Waals surface area contributed by atoms with Crippen LogP contribution in [0.25, 0.3) is 0 Å². The van der Waals surface area contributed by atoms with Crippen LogP contribution in [0.3, 0.4) is 0 Å². The Hall–Kier alpha value is -2.04. The number of nitrogens with one attached hydrogen (secondary N) is 2. The first-order valence-corrected chi connectivity index (χ1v) is 8.09. The second-order valence-corrected chi connectivity index (χ2v) is 6.54. The quantitative estimate of drug-likeness (QED) is 0.722. The fraction of sp³-hybridized carbons (Fsp3) is 0.556. The Morgan fingerprint density at radius 2 is 1.65 bits per heavy atom. The maximum atomic E-state index is 11.7. The molecule has 1 aromatic carbocycles. The van der Waals surface area contributed by atoms with Crippen molar-refractivity contribution in [2.24, 2.45) is 5.41 Å². The lowest BCUT2D eigenvalue weighted by atomic mass is 9.96. The van der Waals surface area contributed by atoms with Crippen molar-refractivity contribution in [2.45, 2.75) is 40.5 Å². The van der Waals surface area contributed by atoms with Crippen LogP contribution in [0, 0.1) is 5.41 Å². The van der Waals surface area contributed by atoms with Crippen LogP contribution in [0.2, 0.25) is 0 Å². The maximum absolute atomic E-state index is 11.7. The minimum Gasteiger partial charge on any atom is -0.484 e. The number of hydrogen-bond acceptors (Lipinski definition) is 3. The van der Waals surface area contributed by atoms with Crippen molar-refractivity contribution in [3.8, 4) is 5.75 Å². The molecular weight excluding hydrogens is 292 g/mol. The van der Waals surface area contributed by atoms with Crippen molar-refractivity contribution in [1.29, 1.82) is 0 Å². The molecule has 1 rings (SSSR count). The van der Waals surface area contributed by atoms with Crippen molar-refractivity contribution in [1.82, 2.24) is 10.6 Å². The Morgan fingerprint density at radius 3 is 2.22 bits per heavy atom. The summed E-state index contributed by atoms with van der Waals surface area (Å²) >= 11 is 0. The molecule has 0 unspecified atom stereocenters. The Kier molecular flexibility index (Phi) is 7.59. The summed E-state index contributed by atoms with van der Waals surface area (Å²) in [6.07, 6.45) is 2.15. The molecule has 0 spiro atoms. The largest absolute Gasteiger partial charge is 0.484 e. The van der Waals surface area contributed by atoms with Gasteiger partial charge in [0.2, 0.25) is 5.91 Å². The number of carbonyl (C=O) groups excluding carboxylic acids is 2. The van der Waals surface area contributed by atoms with Crippen molar-refractivity contribution >= 4 is 11.8 Å². The molecule has 0 aliphatic carbocycles. The zero-order valence-electron chi connectivity index (χ0n) is 14.6. The minimum atomic E-state index is -0.420. The molecule has 0 saturated heterocycles. The fourth-order valence-corrected chi connectivity index (χ4v) is 1.88. The molecule has 1 aromatic rings. The zero-order valence-corrected chi connectivity index (χ0v) is 14.6. The Bertz CT molecular complexity index is 504. The van der Waals surface area contributed by atoms with E-state index in [1.54, 1.807) is 0 Å². The lowest BCUT2D eigenvalue weighted by Gasteiger charge is -2.17. The summed E-state index contributed by atoms with van der Waals surface area (Å²) in [6, 6.07) is 7.78. The highest BCUT2D eigenvalue weighted by atomic mass is 16.5. The number of rotatable bonds is 8. The van der Waals surface area contributed by atoms with Gasteiger partial charge in [0.05, 0.1) is 0 Å². The van der Waals surface area contributed by atoms with Gasteiger partial charge in [-0.3, -0.25) is 9.59 Å². The topological polar surface area (TPSA) is 67.4 Å². The van der Waals surface area contributed by atoms with Gasteiger partial charge in [-0.05, 0) is 24.1 Å². The molecule has 0 fully saturated rings. The van der Waals surface area contributed by atoms with Gasteiger partial charge in [0.25, 0.3) is 5.91 Å². The molecule has 2 N–H and O–H groups in total. The zero-order chi connectivity index (χ0) is 17.3. The van der Waals surface area contributed by atoms with Crippen LogP contribution in [-0.2, 0) is 16.0 Å². The Morgan fingerprint density at radius 1 is 1.04 bits per heavy atom. The average molecular weight is 320 g/mol. The van der Waals surface area contributed by atoms with E-state index in [0.717, 1.165) is 12.8 Å². The van der Waals surface area contributed by atoms with Crippen molar-refractivity contribution in [2.75, 3.05) is 19.7 Å². The third kappa shape index (κ3) is 7.68. The van der Waals surface area contributed by atoms with E-state index < -0.39 is 5.41 Å². The first-order chi connectivity index (χ1) is 10.8. The molecule has 5 heteroatoms. The molecule has 128 valence electrons. The van der Waals surface area contributed by atoms with Crippen LogP contribution < -0.4 is 15.4 Å². The number of benzene rings is 1. The predicted octanol–water partition coefficient (Wildman–Crippen LogP) is 2.30. The van der Waals surface area contributed by atoms with E-state index in [4.69, 9.17) is 4.74 Å². The third-order valence-electron chi connectivity index (χ3n) is 3.25. The summed E-state index contributed by atoms with van der Waals surface area (Å²) in [4.78, 5) is 23.3. The number of aryl methyl sites for hydroxylation is 1. The van der Waals surface area contributed by atoms with Crippen LogP contribution in [-0.4, -0.2) is 31.5 Å². The molecular formula is C18H28N2O3. The van der Waals surface area contributed by atoms with Gasteiger partial charge in [0.1, 0.15) is 5.75 Å². The molecule has 23 heavy (non-hydrogen) atoms. The number of amides is 2. The standard InChI is InChI=1S/C18H28N2O3/c1-5-6-14-7-9-15(10-8-14)23-13-16(21)19-11-12-20-17(22)18(2,3)4/h7-10H,5-6,11-13H2,1-4H3,(H,19,21)(H,20,22). The molecule has 5 nitrogen and oxygen atoms in total. The lowest BCUT2D eigenvalue weighted by molar-refractivity contribution is -0.128. The molecule has 0 saturated carbocycles. The SMILES string of the molecule is CCCc1ccc(OCC(=O)NCCNC(=O)C(C)(C)C)cc1. The second-order valence-electron chi connectivity index (χ2n) is 6.54. The van der Waals surface area contributed by atoms with Crippen molar-refractivity contribution < 1.29 is 14.3 Å². The summed E-state index contributed by atoms with van der Waals surface area (Å²) in [5.41, 5.74) is 0.843. The van der Waals surface area contributed by atoms with Crippen molar-refractivity contribution in [3.63, 3.8) is 0 Å². The van der Waals surface area contributed by atoms with Crippen LogP contribution >= 0.6 is 0 Å². The smallest absolute Gasteiger partial charge is 0.258 e. The van der Waals surface area contributed by atoms with Gasteiger partial charge in [-0.2, -0.15) is 0 Å². The highest BCUT2D eigenvalue weighted by molar-refractivity contribution is 5.81. The van der Waals surface area contributed by atoms with Crippen molar-refractivity contribution in [3.05, 3.63) is 29.8 Å². The van der Waals surface area contributed by atoms with Crippen LogP contribution in [0.4, 0.5) is 0 Å². The van der Waals surface area contributed by atoms with Gasteiger partial charge in [0, 0.05) is 18.5 Å². The summed E-state index contributed by atoms with van der Waals surface area (Å²) in [6.45, 7) is 8.45. The minimum absolute atomic E-state index is 0.0274. The Balaban J connectivity index is 2.20. The first-order valence-electron chi connectivity index (χ1n) is 8.09. The van der Waals surface area contributed by atoms with Gasteiger partial charge >= 0.3 is 0 Å². The second kappa shape index (κ2) is 9.18. The Labute approximate surface area is 138 Å². The summed E-state index contributed by atoms with van der Waals surface area (Å²) in [5, 5.41) is 5.49. The molecule has 0 aliphatic rings.